The van der Waals surface area contributed by atoms with Crippen molar-refractivity contribution in [3.8, 4) is 0 Å². The summed E-state index contributed by atoms with van der Waals surface area (Å²) in [6, 6.07) is 11.3. The highest BCUT2D eigenvalue weighted by Crippen LogP contribution is 2.27. The van der Waals surface area contributed by atoms with Gasteiger partial charge in [-0.05, 0) is 24.3 Å². The van der Waals surface area contributed by atoms with Crippen molar-refractivity contribution in [2.75, 3.05) is 13.7 Å². The van der Waals surface area contributed by atoms with Gasteiger partial charge in [-0.25, -0.2) is 0 Å². The van der Waals surface area contributed by atoms with E-state index in [4.69, 9.17) is 4.74 Å². The summed E-state index contributed by atoms with van der Waals surface area (Å²) in [5, 5.41) is 3.57. The summed E-state index contributed by atoms with van der Waals surface area (Å²) >= 11 is 0. The van der Waals surface area contributed by atoms with Crippen LogP contribution in [0.4, 0.5) is 0 Å². The van der Waals surface area contributed by atoms with Crippen LogP contribution >= 0.6 is 12.4 Å². The quantitative estimate of drug-likeness (QED) is 0.856. The predicted molar refractivity (Wildman–Crippen MR) is 68.9 cm³/mol. The summed E-state index contributed by atoms with van der Waals surface area (Å²) in [7, 11) is 1.78. The van der Waals surface area contributed by atoms with Gasteiger partial charge >= 0.3 is 0 Å². The van der Waals surface area contributed by atoms with Gasteiger partial charge in [0.15, 0.2) is 0 Å². The highest BCUT2D eigenvalue weighted by molar-refractivity contribution is 5.85. The average Bonchev–Trinajstić information content (AvgIpc) is 2.23. The van der Waals surface area contributed by atoms with Gasteiger partial charge < -0.3 is 10.1 Å². The first-order chi connectivity index (χ1) is 7.38. The van der Waals surface area contributed by atoms with E-state index in [9.17, 15) is 0 Å². The summed E-state index contributed by atoms with van der Waals surface area (Å²) in [4.78, 5) is 0. The molecule has 0 spiro atoms. The van der Waals surface area contributed by atoms with E-state index in [0.717, 1.165) is 19.1 Å². The lowest BCUT2D eigenvalue weighted by Gasteiger charge is -2.35. The Hall–Kier alpha value is -0.570. The maximum atomic E-state index is 5.13. The zero-order valence-corrected chi connectivity index (χ0v) is 10.5. The minimum atomic E-state index is 0. The van der Waals surface area contributed by atoms with E-state index in [1.165, 1.54) is 18.4 Å². The first-order valence-electron chi connectivity index (χ1n) is 5.64. The Balaban J connectivity index is 0.00000128. The maximum absolute atomic E-state index is 5.13. The number of ether oxygens (including phenoxy) is 1. The average molecular weight is 242 g/mol. The maximum Gasteiger partial charge on any atom is 0.0491 e. The summed E-state index contributed by atoms with van der Waals surface area (Å²) in [6.07, 6.45) is 2.53. The van der Waals surface area contributed by atoms with Crippen LogP contribution in [0.3, 0.4) is 0 Å². The SMILES string of the molecule is COCC1CC(NCc2ccccc2)C1.Cl. The standard InChI is InChI=1S/C13H19NO.ClH/c1-15-10-12-7-13(8-12)14-9-11-5-3-2-4-6-11;/h2-6,12-14H,7-10H2,1H3;1H. The normalized spacial score (nSPS) is 23.3. The Morgan fingerprint density at radius 2 is 1.94 bits per heavy atom. The summed E-state index contributed by atoms with van der Waals surface area (Å²) in [5.41, 5.74) is 1.37. The van der Waals surface area contributed by atoms with Crippen LogP contribution in [0.25, 0.3) is 0 Å². The molecule has 1 aromatic rings. The van der Waals surface area contributed by atoms with E-state index in [-0.39, 0.29) is 12.4 Å². The monoisotopic (exact) mass is 241 g/mol. The Kier molecular flexibility index (Phi) is 5.81. The number of hydrogen-bond acceptors (Lipinski definition) is 2. The summed E-state index contributed by atoms with van der Waals surface area (Å²) in [5.74, 6) is 0.781. The van der Waals surface area contributed by atoms with Gasteiger partial charge in [0.1, 0.15) is 0 Å². The molecule has 1 aliphatic rings. The first-order valence-corrected chi connectivity index (χ1v) is 5.64. The highest BCUT2D eigenvalue weighted by Gasteiger charge is 2.28. The highest BCUT2D eigenvalue weighted by atomic mass is 35.5. The van der Waals surface area contributed by atoms with Crippen LogP contribution < -0.4 is 5.32 Å². The van der Waals surface area contributed by atoms with Crippen molar-refractivity contribution < 1.29 is 4.74 Å². The van der Waals surface area contributed by atoms with Crippen molar-refractivity contribution in [3.63, 3.8) is 0 Å². The van der Waals surface area contributed by atoms with Crippen molar-refractivity contribution >= 4 is 12.4 Å². The van der Waals surface area contributed by atoms with Crippen molar-refractivity contribution in [2.45, 2.75) is 25.4 Å². The minimum Gasteiger partial charge on any atom is -0.384 e. The smallest absolute Gasteiger partial charge is 0.0491 e. The fourth-order valence-electron chi connectivity index (χ4n) is 2.13. The van der Waals surface area contributed by atoms with Gasteiger partial charge in [-0.1, -0.05) is 30.3 Å². The zero-order valence-electron chi connectivity index (χ0n) is 9.69. The van der Waals surface area contributed by atoms with E-state index < -0.39 is 0 Å². The van der Waals surface area contributed by atoms with Gasteiger partial charge in [0.05, 0.1) is 0 Å². The molecule has 2 rings (SSSR count). The Morgan fingerprint density at radius 1 is 1.25 bits per heavy atom. The number of hydrogen-bond donors (Lipinski definition) is 1. The van der Waals surface area contributed by atoms with Gasteiger partial charge in [0.2, 0.25) is 0 Å². The molecule has 1 fully saturated rings. The summed E-state index contributed by atoms with van der Waals surface area (Å²) < 4.78 is 5.13. The van der Waals surface area contributed by atoms with Crippen LogP contribution in [0.15, 0.2) is 30.3 Å². The number of nitrogens with one attached hydrogen (secondary N) is 1. The van der Waals surface area contributed by atoms with E-state index >= 15 is 0 Å². The molecule has 1 aliphatic carbocycles. The molecule has 16 heavy (non-hydrogen) atoms. The van der Waals surface area contributed by atoms with Crippen LogP contribution in [0, 0.1) is 5.92 Å². The zero-order chi connectivity index (χ0) is 10.5. The third-order valence-corrected chi connectivity index (χ3v) is 3.08. The summed E-state index contributed by atoms with van der Waals surface area (Å²) in [6.45, 7) is 1.91. The molecule has 3 heteroatoms. The van der Waals surface area contributed by atoms with Crippen molar-refractivity contribution in [2.24, 2.45) is 5.92 Å². The molecule has 0 radical (unpaired) electrons. The number of rotatable bonds is 5. The molecule has 0 amide bonds. The second-order valence-corrected chi connectivity index (χ2v) is 4.36. The van der Waals surface area contributed by atoms with Gasteiger partial charge in [-0.15, -0.1) is 12.4 Å². The molecule has 0 aromatic heterocycles. The van der Waals surface area contributed by atoms with Crippen molar-refractivity contribution in [1.82, 2.24) is 5.32 Å². The van der Waals surface area contributed by atoms with Crippen LogP contribution in [0.1, 0.15) is 18.4 Å². The lowest BCUT2D eigenvalue weighted by Crippen LogP contribution is -2.42. The first kappa shape index (κ1) is 13.5. The van der Waals surface area contributed by atoms with Crippen LogP contribution in [0.5, 0.6) is 0 Å². The van der Waals surface area contributed by atoms with Crippen LogP contribution in [0.2, 0.25) is 0 Å². The lowest BCUT2D eigenvalue weighted by atomic mass is 9.81. The Bertz CT molecular complexity index is 285. The van der Waals surface area contributed by atoms with Gasteiger partial charge in [-0.2, -0.15) is 0 Å². The third-order valence-electron chi connectivity index (χ3n) is 3.08. The molecule has 0 atom stereocenters. The molecule has 90 valence electrons. The second-order valence-electron chi connectivity index (χ2n) is 4.36. The number of benzene rings is 1. The Morgan fingerprint density at radius 3 is 2.56 bits per heavy atom. The molecule has 1 aromatic carbocycles. The molecule has 0 saturated heterocycles. The number of methoxy groups -OCH3 is 1. The largest absolute Gasteiger partial charge is 0.384 e. The topological polar surface area (TPSA) is 21.3 Å². The number of halogens is 1. The molecule has 1 saturated carbocycles. The molecule has 2 nitrogen and oxygen atoms in total. The van der Waals surface area contributed by atoms with Crippen LogP contribution in [-0.2, 0) is 11.3 Å². The molecule has 0 bridgehead atoms. The third kappa shape index (κ3) is 3.78. The molecule has 0 heterocycles. The van der Waals surface area contributed by atoms with Crippen LogP contribution in [-0.4, -0.2) is 19.8 Å². The van der Waals surface area contributed by atoms with E-state index in [2.05, 4.69) is 35.6 Å². The van der Waals surface area contributed by atoms with Gasteiger partial charge in [-0.3, -0.25) is 0 Å². The molecular formula is C13H20ClNO. The van der Waals surface area contributed by atoms with Gasteiger partial charge in [0.25, 0.3) is 0 Å². The second kappa shape index (κ2) is 6.89. The molecular weight excluding hydrogens is 222 g/mol. The molecule has 0 unspecified atom stereocenters. The molecule has 1 N–H and O–H groups in total. The molecule has 0 aliphatic heterocycles. The van der Waals surface area contributed by atoms with E-state index in [0.29, 0.717) is 6.04 Å². The fourth-order valence-corrected chi connectivity index (χ4v) is 2.13. The van der Waals surface area contributed by atoms with E-state index in [1.807, 2.05) is 0 Å². The predicted octanol–water partition coefficient (Wildman–Crippen LogP) is 2.62. The van der Waals surface area contributed by atoms with Gasteiger partial charge in [0, 0.05) is 26.3 Å². The Labute approximate surface area is 104 Å². The lowest BCUT2D eigenvalue weighted by molar-refractivity contribution is 0.0880. The van der Waals surface area contributed by atoms with Crippen molar-refractivity contribution in [1.29, 1.82) is 0 Å². The van der Waals surface area contributed by atoms with E-state index in [1.54, 1.807) is 7.11 Å². The fraction of sp³-hybridized carbons (Fsp3) is 0.538. The minimum absolute atomic E-state index is 0. The van der Waals surface area contributed by atoms with Crippen molar-refractivity contribution in [3.05, 3.63) is 35.9 Å².